The van der Waals surface area contributed by atoms with Crippen molar-refractivity contribution in [3.05, 3.63) is 56.8 Å². The summed E-state index contributed by atoms with van der Waals surface area (Å²) in [6.45, 7) is 9.01. The van der Waals surface area contributed by atoms with Gasteiger partial charge in [0, 0.05) is 35.8 Å². The molecule has 4 rings (SSSR count). The van der Waals surface area contributed by atoms with Crippen molar-refractivity contribution in [3.8, 4) is 0 Å². The van der Waals surface area contributed by atoms with Crippen molar-refractivity contribution in [2.24, 2.45) is 0 Å². The average molecular weight is 424 g/mol. The Balaban J connectivity index is 0.00000117. The van der Waals surface area contributed by atoms with Crippen LogP contribution in [0.4, 0.5) is 8.78 Å². The lowest BCUT2D eigenvalue weighted by molar-refractivity contribution is -0.100. The Bertz CT molecular complexity index is 815. The number of aliphatic hydroxyl groups is 1. The van der Waals surface area contributed by atoms with Crippen LogP contribution in [0, 0.1) is 11.6 Å². The summed E-state index contributed by atoms with van der Waals surface area (Å²) in [6, 6.07) is 5.92. The maximum Gasteiger partial charge on any atom is 0.159 e. The summed E-state index contributed by atoms with van der Waals surface area (Å²) >= 11 is 1.91. The third-order valence-corrected chi connectivity index (χ3v) is 7.17. The zero-order valence-electron chi connectivity index (χ0n) is 17.5. The normalized spacial score (nSPS) is 19.4. The Morgan fingerprint density at radius 1 is 1.17 bits per heavy atom. The number of nitrogens with zero attached hydrogens (tertiary/aromatic N) is 1. The van der Waals surface area contributed by atoms with E-state index in [9.17, 15) is 13.9 Å². The smallest absolute Gasteiger partial charge is 0.159 e. The molecule has 2 aromatic rings. The maximum atomic E-state index is 13.4. The number of hydrogen-bond acceptors (Lipinski definition) is 4. The molecule has 2 aliphatic rings. The highest BCUT2D eigenvalue weighted by molar-refractivity contribution is 7.12. The summed E-state index contributed by atoms with van der Waals surface area (Å²) in [5.74, 6) is -1.81. The summed E-state index contributed by atoms with van der Waals surface area (Å²) in [4.78, 5) is 5.07. The third-order valence-electron chi connectivity index (χ3n) is 5.83. The minimum Gasteiger partial charge on any atom is -0.387 e. The molecular weight excluding hydrogens is 392 g/mol. The van der Waals surface area contributed by atoms with E-state index in [0.29, 0.717) is 12.1 Å². The fourth-order valence-electron chi connectivity index (χ4n) is 4.23. The topological polar surface area (TPSA) is 32.7 Å². The molecule has 1 spiro atoms. The SMILES string of the molecule is CC.CCc1cc2c(s1)CCOC21CCN(CC(O)c2ccc(F)c(F)c2)CC1. The first-order valence-electron chi connectivity index (χ1n) is 10.6. The number of thiophene rings is 1. The number of fused-ring (bicyclic) bond motifs is 2. The summed E-state index contributed by atoms with van der Waals surface area (Å²) in [6.07, 6.45) is 3.01. The van der Waals surface area contributed by atoms with Crippen molar-refractivity contribution in [2.45, 2.75) is 58.2 Å². The van der Waals surface area contributed by atoms with Crippen molar-refractivity contribution < 1.29 is 18.6 Å². The molecule has 0 saturated carbocycles. The minimum atomic E-state index is -0.920. The Morgan fingerprint density at radius 2 is 1.90 bits per heavy atom. The summed E-state index contributed by atoms with van der Waals surface area (Å²) in [5, 5.41) is 10.4. The van der Waals surface area contributed by atoms with Gasteiger partial charge in [0.1, 0.15) is 0 Å². The van der Waals surface area contributed by atoms with Crippen LogP contribution < -0.4 is 0 Å². The highest BCUT2D eigenvalue weighted by Crippen LogP contribution is 2.44. The number of benzene rings is 1. The van der Waals surface area contributed by atoms with Gasteiger partial charge in [-0.15, -0.1) is 11.3 Å². The minimum absolute atomic E-state index is 0.194. The summed E-state index contributed by atoms with van der Waals surface area (Å²) in [5.41, 5.74) is 1.59. The van der Waals surface area contributed by atoms with E-state index >= 15 is 0 Å². The average Bonchev–Trinajstić information content (AvgIpc) is 3.18. The Kier molecular flexibility index (Phi) is 7.43. The monoisotopic (exact) mass is 423 g/mol. The van der Waals surface area contributed by atoms with Crippen LogP contribution in [0.1, 0.15) is 60.6 Å². The second-order valence-electron chi connectivity index (χ2n) is 7.49. The zero-order valence-corrected chi connectivity index (χ0v) is 18.3. The molecule has 1 unspecified atom stereocenters. The molecule has 0 amide bonds. The van der Waals surface area contributed by atoms with Gasteiger partial charge in [-0.2, -0.15) is 0 Å². The number of aryl methyl sites for hydroxylation is 1. The van der Waals surface area contributed by atoms with Gasteiger partial charge in [-0.05, 0) is 48.6 Å². The van der Waals surface area contributed by atoms with Crippen molar-refractivity contribution in [1.82, 2.24) is 4.90 Å². The van der Waals surface area contributed by atoms with Crippen LogP contribution in [-0.4, -0.2) is 36.2 Å². The molecule has 1 atom stereocenters. The van der Waals surface area contributed by atoms with Gasteiger partial charge in [-0.25, -0.2) is 8.78 Å². The van der Waals surface area contributed by atoms with Gasteiger partial charge in [-0.1, -0.05) is 26.8 Å². The fourth-order valence-corrected chi connectivity index (χ4v) is 5.40. The van der Waals surface area contributed by atoms with Crippen molar-refractivity contribution >= 4 is 11.3 Å². The second kappa shape index (κ2) is 9.65. The first-order chi connectivity index (χ1) is 14.0. The number of rotatable bonds is 4. The van der Waals surface area contributed by atoms with Crippen LogP contribution in [0.25, 0.3) is 0 Å². The van der Waals surface area contributed by atoms with Gasteiger partial charge >= 0.3 is 0 Å². The highest BCUT2D eigenvalue weighted by atomic mass is 32.1. The van der Waals surface area contributed by atoms with E-state index in [0.717, 1.165) is 57.5 Å². The number of hydrogen-bond donors (Lipinski definition) is 1. The second-order valence-corrected chi connectivity index (χ2v) is 8.71. The molecule has 1 N–H and O–H groups in total. The predicted octanol–water partition coefficient (Wildman–Crippen LogP) is 5.21. The van der Waals surface area contributed by atoms with E-state index < -0.39 is 17.7 Å². The molecule has 1 aromatic heterocycles. The summed E-state index contributed by atoms with van der Waals surface area (Å²) in [7, 11) is 0. The van der Waals surface area contributed by atoms with Crippen molar-refractivity contribution in [1.29, 1.82) is 0 Å². The molecule has 3 nitrogen and oxygen atoms in total. The number of β-amino-alcohol motifs (C(OH)–C–C–N with tert-alkyl or cyclic N) is 1. The molecule has 0 aliphatic carbocycles. The van der Waals surface area contributed by atoms with Crippen molar-refractivity contribution in [2.75, 3.05) is 26.2 Å². The molecule has 2 aliphatic heterocycles. The van der Waals surface area contributed by atoms with Crippen molar-refractivity contribution in [3.63, 3.8) is 0 Å². The Labute approximate surface area is 176 Å². The number of halogens is 2. The first kappa shape index (κ1) is 22.3. The molecule has 1 fully saturated rings. The maximum absolute atomic E-state index is 13.4. The lowest BCUT2D eigenvalue weighted by Gasteiger charge is -2.44. The highest BCUT2D eigenvalue weighted by Gasteiger charge is 2.42. The molecule has 6 heteroatoms. The van der Waals surface area contributed by atoms with Crippen LogP contribution >= 0.6 is 11.3 Å². The van der Waals surface area contributed by atoms with Gasteiger partial charge in [0.15, 0.2) is 11.6 Å². The molecule has 0 radical (unpaired) electrons. The van der Waals surface area contributed by atoms with Crippen LogP contribution in [0.5, 0.6) is 0 Å². The number of ether oxygens (including phenoxy) is 1. The van der Waals surface area contributed by atoms with Crippen LogP contribution in [0.3, 0.4) is 0 Å². The van der Waals surface area contributed by atoms with Gasteiger partial charge < -0.3 is 14.7 Å². The zero-order chi connectivity index (χ0) is 21.0. The number of piperidine rings is 1. The molecule has 29 heavy (non-hydrogen) atoms. The molecule has 160 valence electrons. The van der Waals surface area contributed by atoms with E-state index in [4.69, 9.17) is 4.74 Å². The van der Waals surface area contributed by atoms with Gasteiger partial charge in [-0.3, -0.25) is 0 Å². The standard InChI is InChI=1S/C21H25F2NO2S.C2H6/c1-2-15-12-16-20(27-15)5-10-26-21(16)6-8-24(9-7-21)13-19(25)14-3-4-17(22)18(23)11-14;1-2/h3-4,11-12,19,25H,2,5-10,13H2,1H3;1-2H3. The molecule has 3 heterocycles. The summed E-state index contributed by atoms with van der Waals surface area (Å²) < 4.78 is 32.8. The van der Waals surface area contributed by atoms with Crippen LogP contribution in [0.15, 0.2) is 24.3 Å². The van der Waals surface area contributed by atoms with Crippen LogP contribution in [0.2, 0.25) is 0 Å². The molecule has 0 bridgehead atoms. The molecule has 1 aromatic carbocycles. The van der Waals surface area contributed by atoms with E-state index in [1.165, 1.54) is 21.4 Å². The number of aliphatic hydroxyl groups excluding tert-OH is 1. The van der Waals surface area contributed by atoms with E-state index in [1.807, 2.05) is 25.2 Å². The van der Waals surface area contributed by atoms with E-state index in [-0.39, 0.29) is 5.60 Å². The largest absolute Gasteiger partial charge is 0.387 e. The molecular formula is C23H31F2NO2S. The fraction of sp³-hybridized carbons (Fsp3) is 0.565. The van der Waals surface area contributed by atoms with Crippen LogP contribution in [-0.2, 0) is 23.2 Å². The predicted molar refractivity (Wildman–Crippen MR) is 113 cm³/mol. The lowest BCUT2D eigenvalue weighted by Crippen LogP contribution is -2.47. The van der Waals surface area contributed by atoms with E-state index in [1.54, 1.807) is 0 Å². The van der Waals surface area contributed by atoms with Gasteiger partial charge in [0.2, 0.25) is 0 Å². The van der Waals surface area contributed by atoms with Gasteiger partial charge in [0.25, 0.3) is 0 Å². The lowest BCUT2D eigenvalue weighted by atomic mass is 9.82. The van der Waals surface area contributed by atoms with Gasteiger partial charge in [0.05, 0.1) is 18.3 Å². The van der Waals surface area contributed by atoms with E-state index in [2.05, 4.69) is 17.9 Å². The Hall–Kier alpha value is -1.34. The number of likely N-dealkylation sites (tertiary alicyclic amines) is 1. The quantitative estimate of drug-likeness (QED) is 0.733. The molecule has 1 saturated heterocycles. The first-order valence-corrected chi connectivity index (χ1v) is 11.4. The third kappa shape index (κ3) is 4.71. The Morgan fingerprint density at radius 3 is 2.55 bits per heavy atom.